The molecule has 2 unspecified atom stereocenters. The number of ketones is 1. The lowest BCUT2D eigenvalue weighted by Crippen LogP contribution is -2.26. The van der Waals surface area contributed by atoms with Crippen LogP contribution in [0.25, 0.3) is 0 Å². The van der Waals surface area contributed by atoms with Gasteiger partial charge in [-0.1, -0.05) is 41.5 Å². The van der Waals surface area contributed by atoms with Crippen LogP contribution in [-0.2, 0) is 9.59 Å². The van der Waals surface area contributed by atoms with E-state index in [1.807, 2.05) is 13.8 Å². The van der Waals surface area contributed by atoms with Crippen LogP contribution in [0.2, 0.25) is 0 Å². The second-order valence-electron chi connectivity index (χ2n) is 4.99. The van der Waals surface area contributed by atoms with Gasteiger partial charge in [0.05, 0.1) is 0 Å². The van der Waals surface area contributed by atoms with E-state index in [1.165, 1.54) is 0 Å². The molecule has 0 radical (unpaired) electrons. The van der Waals surface area contributed by atoms with E-state index in [9.17, 15) is 4.79 Å². The molecule has 0 saturated carbocycles. The number of rotatable bonds is 4. The van der Waals surface area contributed by atoms with Crippen molar-refractivity contribution >= 4 is 11.8 Å². The molecule has 0 aromatic rings. The summed E-state index contributed by atoms with van der Waals surface area (Å²) in [7, 11) is 0. The van der Waals surface area contributed by atoms with E-state index in [-0.39, 0.29) is 11.8 Å². The van der Waals surface area contributed by atoms with Gasteiger partial charge in [-0.2, -0.15) is 0 Å². The maximum Gasteiger partial charge on any atom is 0.300 e. The Bertz CT molecular complexity index is 199. The zero-order valence-corrected chi connectivity index (χ0v) is 11.6. The normalized spacial score (nSPS) is 14.1. The van der Waals surface area contributed by atoms with Crippen molar-refractivity contribution in [3.05, 3.63) is 0 Å². The van der Waals surface area contributed by atoms with Gasteiger partial charge in [0.15, 0.2) is 0 Å². The van der Waals surface area contributed by atoms with Crippen LogP contribution in [0.1, 0.15) is 48.5 Å². The largest absolute Gasteiger partial charge is 0.481 e. The van der Waals surface area contributed by atoms with E-state index in [4.69, 9.17) is 9.90 Å². The highest BCUT2D eigenvalue weighted by Crippen LogP contribution is 2.20. The first-order valence-corrected chi connectivity index (χ1v) is 5.84. The zero-order valence-electron chi connectivity index (χ0n) is 11.6. The summed E-state index contributed by atoms with van der Waals surface area (Å²) < 4.78 is 0. The Balaban J connectivity index is 0. The van der Waals surface area contributed by atoms with Gasteiger partial charge in [-0.25, -0.2) is 0 Å². The predicted molar refractivity (Wildman–Crippen MR) is 66.3 cm³/mol. The third-order valence-electron chi connectivity index (χ3n) is 2.90. The van der Waals surface area contributed by atoms with Gasteiger partial charge in [0.2, 0.25) is 0 Å². The summed E-state index contributed by atoms with van der Waals surface area (Å²) in [6, 6.07) is 0. The molecule has 16 heavy (non-hydrogen) atoms. The number of carbonyl (C=O) groups is 2. The summed E-state index contributed by atoms with van der Waals surface area (Å²) in [4.78, 5) is 20.7. The summed E-state index contributed by atoms with van der Waals surface area (Å²) >= 11 is 0. The molecule has 3 heteroatoms. The van der Waals surface area contributed by atoms with Crippen LogP contribution in [0.15, 0.2) is 0 Å². The van der Waals surface area contributed by atoms with Crippen molar-refractivity contribution in [1.82, 2.24) is 0 Å². The quantitative estimate of drug-likeness (QED) is 0.806. The molecule has 0 aromatic carbocycles. The fourth-order valence-electron chi connectivity index (χ4n) is 1.07. The third-order valence-corrected chi connectivity index (χ3v) is 2.90. The van der Waals surface area contributed by atoms with Gasteiger partial charge in [0, 0.05) is 18.8 Å². The molecule has 2 atom stereocenters. The average molecular weight is 230 g/mol. The molecule has 0 rings (SSSR count). The van der Waals surface area contributed by atoms with Crippen molar-refractivity contribution in [2.24, 2.45) is 23.7 Å². The van der Waals surface area contributed by atoms with Crippen LogP contribution in [0.5, 0.6) is 0 Å². The minimum atomic E-state index is -0.833. The minimum absolute atomic E-state index is 0.211. The van der Waals surface area contributed by atoms with Crippen LogP contribution >= 0.6 is 0 Å². The van der Waals surface area contributed by atoms with Gasteiger partial charge in [-0.05, 0) is 11.8 Å². The lowest BCUT2D eigenvalue weighted by Gasteiger charge is -2.21. The molecule has 3 nitrogen and oxygen atoms in total. The molecule has 0 spiro atoms. The second-order valence-corrected chi connectivity index (χ2v) is 4.99. The molecule has 0 heterocycles. The molecule has 0 saturated heterocycles. The van der Waals surface area contributed by atoms with E-state index >= 15 is 0 Å². The van der Waals surface area contributed by atoms with Crippen LogP contribution in [0.3, 0.4) is 0 Å². The number of aliphatic carboxylic acids is 1. The molecule has 0 aliphatic heterocycles. The van der Waals surface area contributed by atoms with Crippen LogP contribution in [-0.4, -0.2) is 16.9 Å². The van der Waals surface area contributed by atoms with E-state index in [2.05, 4.69) is 27.7 Å². The van der Waals surface area contributed by atoms with Crippen molar-refractivity contribution in [2.45, 2.75) is 48.5 Å². The van der Waals surface area contributed by atoms with Crippen molar-refractivity contribution in [2.75, 3.05) is 0 Å². The first-order chi connectivity index (χ1) is 7.11. The van der Waals surface area contributed by atoms with E-state index < -0.39 is 5.97 Å². The zero-order chi connectivity index (χ0) is 13.5. The molecule has 0 amide bonds. The first kappa shape index (κ1) is 17.5. The fourth-order valence-corrected chi connectivity index (χ4v) is 1.07. The number of Topliss-reactive ketones (excluding diaryl/α,β-unsaturated/α-hetero) is 1. The maximum atomic E-state index is 11.7. The molecule has 0 bridgehead atoms. The highest BCUT2D eigenvalue weighted by molar-refractivity contribution is 5.83. The topological polar surface area (TPSA) is 54.4 Å². The smallest absolute Gasteiger partial charge is 0.300 e. The summed E-state index contributed by atoms with van der Waals surface area (Å²) in [5, 5.41) is 7.42. The molecule has 96 valence electrons. The van der Waals surface area contributed by atoms with E-state index in [0.29, 0.717) is 17.6 Å². The number of hydrogen-bond donors (Lipinski definition) is 1. The Hall–Kier alpha value is -0.860. The Kier molecular flexibility index (Phi) is 9.11. The van der Waals surface area contributed by atoms with Gasteiger partial charge in [-0.3, -0.25) is 9.59 Å². The highest BCUT2D eigenvalue weighted by Gasteiger charge is 2.24. The summed E-state index contributed by atoms with van der Waals surface area (Å²) in [6.07, 6.45) is 0. The van der Waals surface area contributed by atoms with Crippen LogP contribution < -0.4 is 0 Å². The molecule has 0 aliphatic rings. The first-order valence-electron chi connectivity index (χ1n) is 5.84. The van der Waals surface area contributed by atoms with Crippen molar-refractivity contribution < 1.29 is 14.7 Å². The van der Waals surface area contributed by atoms with E-state index in [1.54, 1.807) is 0 Å². The number of carboxylic acid groups (broad SMARTS) is 1. The Morgan fingerprint density at radius 1 is 0.812 bits per heavy atom. The summed E-state index contributed by atoms with van der Waals surface area (Å²) in [5.74, 6) is 0.946. The van der Waals surface area contributed by atoms with Gasteiger partial charge in [0.1, 0.15) is 5.78 Å². The molecule has 0 aliphatic carbocycles. The maximum absolute atomic E-state index is 11.7. The van der Waals surface area contributed by atoms with Crippen LogP contribution in [0.4, 0.5) is 0 Å². The Morgan fingerprint density at radius 3 is 1.12 bits per heavy atom. The van der Waals surface area contributed by atoms with Crippen molar-refractivity contribution in [3.63, 3.8) is 0 Å². The number of hydrogen-bond acceptors (Lipinski definition) is 2. The van der Waals surface area contributed by atoms with E-state index in [0.717, 1.165) is 6.92 Å². The lowest BCUT2D eigenvalue weighted by molar-refractivity contribution is -0.134. The number of carboxylic acids is 1. The molecular formula is C13H26O3. The standard InChI is InChI=1S/C11H22O.C2H4O2/c1-7(2)9(5)11(12)10(6)8(3)4;1-2(3)4/h7-10H,1-6H3;1H3,(H,3,4). The van der Waals surface area contributed by atoms with Crippen molar-refractivity contribution in [1.29, 1.82) is 0 Å². The monoisotopic (exact) mass is 230 g/mol. The third kappa shape index (κ3) is 8.45. The number of carbonyl (C=O) groups excluding carboxylic acids is 1. The van der Waals surface area contributed by atoms with Gasteiger partial charge in [0.25, 0.3) is 5.97 Å². The van der Waals surface area contributed by atoms with Gasteiger partial charge in [-0.15, -0.1) is 0 Å². The van der Waals surface area contributed by atoms with Crippen LogP contribution in [0, 0.1) is 23.7 Å². The molecule has 0 aromatic heterocycles. The van der Waals surface area contributed by atoms with Gasteiger partial charge >= 0.3 is 0 Å². The molecule has 0 fully saturated rings. The lowest BCUT2D eigenvalue weighted by atomic mass is 9.82. The molecular weight excluding hydrogens is 204 g/mol. The predicted octanol–water partition coefficient (Wildman–Crippen LogP) is 3.23. The molecule has 1 N–H and O–H groups in total. The minimum Gasteiger partial charge on any atom is -0.481 e. The van der Waals surface area contributed by atoms with Crippen molar-refractivity contribution in [3.8, 4) is 0 Å². The average Bonchev–Trinajstić information content (AvgIpc) is 2.13. The Labute approximate surface area is 99.2 Å². The van der Waals surface area contributed by atoms with Gasteiger partial charge < -0.3 is 5.11 Å². The Morgan fingerprint density at radius 2 is 1.00 bits per heavy atom. The fraction of sp³-hybridized carbons (Fsp3) is 0.846. The summed E-state index contributed by atoms with van der Waals surface area (Å²) in [5.41, 5.74) is 0. The highest BCUT2D eigenvalue weighted by atomic mass is 16.4. The second kappa shape index (κ2) is 8.31. The SMILES string of the molecule is CC(=O)O.CC(C)C(C)C(=O)C(C)C(C)C. The summed E-state index contributed by atoms with van der Waals surface area (Å²) in [6.45, 7) is 13.6.